The van der Waals surface area contributed by atoms with Gasteiger partial charge >= 0.3 is 0 Å². The third-order valence-corrected chi connectivity index (χ3v) is 4.65. The van der Waals surface area contributed by atoms with Gasteiger partial charge in [-0.15, -0.1) is 11.3 Å². The van der Waals surface area contributed by atoms with Crippen LogP contribution >= 0.6 is 11.3 Å². The Hall–Kier alpha value is -1.92. The smallest absolute Gasteiger partial charge is 0.244 e. The number of carbonyl (C=O) groups is 1. The Morgan fingerprint density at radius 2 is 2.00 bits per heavy atom. The van der Waals surface area contributed by atoms with Gasteiger partial charge in [-0.2, -0.15) is 0 Å². The van der Waals surface area contributed by atoms with E-state index in [9.17, 15) is 4.79 Å². The molecule has 5 nitrogen and oxygen atoms in total. The van der Waals surface area contributed by atoms with Crippen molar-refractivity contribution in [3.63, 3.8) is 0 Å². The minimum absolute atomic E-state index is 0.118. The molecule has 0 spiro atoms. The number of aryl methyl sites for hydroxylation is 1. The summed E-state index contributed by atoms with van der Waals surface area (Å²) in [6, 6.07) is 7.80. The summed E-state index contributed by atoms with van der Waals surface area (Å²) in [6.07, 6.45) is 0. The summed E-state index contributed by atoms with van der Waals surface area (Å²) in [5, 5.41) is 6.39. The molecule has 3 rings (SSSR count). The zero-order valence-electron chi connectivity index (χ0n) is 13.4. The summed E-state index contributed by atoms with van der Waals surface area (Å²) in [5.41, 5.74) is 3.03. The van der Waals surface area contributed by atoms with Crippen molar-refractivity contribution in [3.05, 3.63) is 34.7 Å². The normalized spacial score (nSPS) is 16.2. The van der Waals surface area contributed by atoms with Gasteiger partial charge in [0.1, 0.15) is 6.04 Å². The van der Waals surface area contributed by atoms with Crippen LogP contribution in [0.25, 0.3) is 11.3 Å². The molecule has 122 valence electrons. The van der Waals surface area contributed by atoms with Crippen LogP contribution in [0, 0.1) is 6.92 Å². The number of anilines is 1. The maximum absolute atomic E-state index is 12.4. The lowest BCUT2D eigenvalue weighted by atomic mass is 10.1. The number of hydrogen-bond acceptors (Lipinski definition) is 5. The third-order valence-electron chi connectivity index (χ3n) is 3.88. The molecule has 2 aromatic rings. The van der Waals surface area contributed by atoms with Gasteiger partial charge in [-0.3, -0.25) is 4.79 Å². The number of nitrogens with one attached hydrogen (secondary N) is 1. The van der Waals surface area contributed by atoms with Crippen LogP contribution in [0.1, 0.15) is 11.9 Å². The molecule has 1 N–H and O–H groups in total. The van der Waals surface area contributed by atoms with E-state index in [1.54, 1.807) is 11.3 Å². The monoisotopic (exact) mass is 331 g/mol. The number of nitrogens with zero attached hydrogens (tertiary/aromatic N) is 2. The van der Waals surface area contributed by atoms with E-state index in [2.05, 4.69) is 15.7 Å². The lowest BCUT2D eigenvalue weighted by Crippen LogP contribution is -2.46. The zero-order valence-corrected chi connectivity index (χ0v) is 14.2. The number of benzene rings is 1. The molecule has 1 aromatic carbocycles. The Labute approximate surface area is 140 Å². The SMILES string of the molecule is Cc1nc(-c2ccc(N[C@@H](C)C(=O)N3CCOCC3)cc2)cs1. The van der Waals surface area contributed by atoms with Crippen molar-refractivity contribution in [3.8, 4) is 11.3 Å². The Balaban J connectivity index is 1.62. The van der Waals surface area contributed by atoms with Gasteiger partial charge in [0, 0.05) is 29.7 Å². The molecular formula is C17H21N3O2S. The summed E-state index contributed by atoms with van der Waals surface area (Å²) in [4.78, 5) is 18.7. The highest BCUT2D eigenvalue weighted by Gasteiger charge is 2.22. The van der Waals surface area contributed by atoms with Crippen LogP contribution in [0.3, 0.4) is 0 Å². The van der Waals surface area contributed by atoms with Gasteiger partial charge in [-0.25, -0.2) is 4.98 Å². The minimum atomic E-state index is -0.250. The first-order chi connectivity index (χ1) is 11.1. The predicted octanol–water partition coefficient (Wildman–Crippen LogP) is 2.78. The largest absolute Gasteiger partial charge is 0.378 e. The number of morpholine rings is 1. The standard InChI is InChI=1S/C17H21N3O2S/c1-12(17(21)20-7-9-22-10-8-20)18-15-5-3-14(4-6-15)16-11-23-13(2)19-16/h3-6,11-12,18H,7-10H2,1-2H3/t12-/m0/s1. The lowest BCUT2D eigenvalue weighted by Gasteiger charge is -2.29. The highest BCUT2D eigenvalue weighted by Crippen LogP contribution is 2.23. The van der Waals surface area contributed by atoms with E-state index in [4.69, 9.17) is 4.74 Å². The van der Waals surface area contributed by atoms with Gasteiger partial charge in [-0.05, 0) is 26.0 Å². The number of rotatable bonds is 4. The van der Waals surface area contributed by atoms with E-state index in [-0.39, 0.29) is 11.9 Å². The van der Waals surface area contributed by atoms with Crippen molar-refractivity contribution in [2.45, 2.75) is 19.9 Å². The van der Waals surface area contributed by atoms with E-state index in [1.807, 2.05) is 43.0 Å². The highest BCUT2D eigenvalue weighted by molar-refractivity contribution is 7.09. The van der Waals surface area contributed by atoms with Crippen molar-refractivity contribution in [1.29, 1.82) is 0 Å². The second kappa shape index (κ2) is 7.10. The average Bonchev–Trinajstić information content (AvgIpc) is 3.02. The lowest BCUT2D eigenvalue weighted by molar-refractivity contribution is -0.135. The van der Waals surface area contributed by atoms with Gasteiger partial charge < -0.3 is 15.0 Å². The molecule has 1 aromatic heterocycles. The first kappa shape index (κ1) is 16.0. The van der Waals surface area contributed by atoms with Gasteiger partial charge in [-0.1, -0.05) is 12.1 Å². The van der Waals surface area contributed by atoms with Gasteiger partial charge in [0.25, 0.3) is 0 Å². The Morgan fingerprint density at radius 1 is 1.30 bits per heavy atom. The molecule has 1 atom stereocenters. The second-order valence-corrected chi connectivity index (χ2v) is 6.70. The first-order valence-electron chi connectivity index (χ1n) is 7.79. The molecule has 6 heteroatoms. The zero-order chi connectivity index (χ0) is 16.2. The van der Waals surface area contributed by atoms with Crippen LogP contribution < -0.4 is 5.32 Å². The maximum atomic E-state index is 12.4. The van der Waals surface area contributed by atoms with E-state index < -0.39 is 0 Å². The van der Waals surface area contributed by atoms with Gasteiger partial charge in [0.05, 0.1) is 23.9 Å². The van der Waals surface area contributed by atoms with Crippen molar-refractivity contribution in [2.75, 3.05) is 31.6 Å². The predicted molar refractivity (Wildman–Crippen MR) is 92.8 cm³/mol. The molecule has 23 heavy (non-hydrogen) atoms. The molecule has 0 aliphatic carbocycles. The molecule has 1 saturated heterocycles. The fourth-order valence-electron chi connectivity index (χ4n) is 2.60. The molecule has 0 bridgehead atoms. The summed E-state index contributed by atoms with van der Waals surface area (Å²) < 4.78 is 5.29. The fraction of sp³-hybridized carbons (Fsp3) is 0.412. The second-order valence-electron chi connectivity index (χ2n) is 5.63. The Bertz CT molecular complexity index is 663. The van der Waals surface area contributed by atoms with Crippen LogP contribution in [0.4, 0.5) is 5.69 Å². The first-order valence-corrected chi connectivity index (χ1v) is 8.67. The molecule has 0 unspecified atom stereocenters. The maximum Gasteiger partial charge on any atom is 0.244 e. The average molecular weight is 331 g/mol. The summed E-state index contributed by atoms with van der Waals surface area (Å²) in [7, 11) is 0. The van der Waals surface area contributed by atoms with Crippen molar-refractivity contribution >= 4 is 22.9 Å². The Kier molecular flexibility index (Phi) is 4.93. The van der Waals surface area contributed by atoms with Crippen LogP contribution in [-0.2, 0) is 9.53 Å². The number of amides is 1. The quantitative estimate of drug-likeness (QED) is 0.936. The van der Waals surface area contributed by atoms with Crippen LogP contribution in [0.2, 0.25) is 0 Å². The van der Waals surface area contributed by atoms with Crippen molar-refractivity contribution in [2.24, 2.45) is 0 Å². The summed E-state index contributed by atoms with van der Waals surface area (Å²) in [6.45, 7) is 6.50. The number of thiazole rings is 1. The number of hydrogen-bond donors (Lipinski definition) is 1. The van der Waals surface area contributed by atoms with E-state index in [0.717, 1.165) is 22.0 Å². The Morgan fingerprint density at radius 3 is 2.61 bits per heavy atom. The van der Waals surface area contributed by atoms with Crippen LogP contribution in [0.15, 0.2) is 29.6 Å². The summed E-state index contributed by atoms with van der Waals surface area (Å²) in [5.74, 6) is 0.118. The highest BCUT2D eigenvalue weighted by atomic mass is 32.1. The van der Waals surface area contributed by atoms with Crippen LogP contribution in [-0.4, -0.2) is 48.1 Å². The van der Waals surface area contributed by atoms with Gasteiger partial charge in [0.15, 0.2) is 0 Å². The molecule has 1 aliphatic rings. The van der Waals surface area contributed by atoms with E-state index in [1.165, 1.54) is 0 Å². The molecule has 2 heterocycles. The topological polar surface area (TPSA) is 54.5 Å². The number of ether oxygens (including phenoxy) is 1. The number of carbonyl (C=O) groups excluding carboxylic acids is 1. The summed E-state index contributed by atoms with van der Waals surface area (Å²) >= 11 is 1.65. The third kappa shape index (κ3) is 3.89. The van der Waals surface area contributed by atoms with E-state index in [0.29, 0.717) is 26.3 Å². The molecular weight excluding hydrogens is 310 g/mol. The minimum Gasteiger partial charge on any atom is -0.378 e. The molecule has 1 amide bonds. The fourth-order valence-corrected chi connectivity index (χ4v) is 3.22. The molecule has 1 fully saturated rings. The van der Waals surface area contributed by atoms with Crippen LogP contribution in [0.5, 0.6) is 0 Å². The molecule has 1 aliphatic heterocycles. The number of aromatic nitrogens is 1. The van der Waals surface area contributed by atoms with Crippen molar-refractivity contribution in [1.82, 2.24) is 9.88 Å². The molecule has 0 saturated carbocycles. The van der Waals surface area contributed by atoms with Crippen molar-refractivity contribution < 1.29 is 9.53 Å². The van der Waals surface area contributed by atoms with Gasteiger partial charge in [0.2, 0.25) is 5.91 Å². The van der Waals surface area contributed by atoms with E-state index >= 15 is 0 Å². The molecule has 0 radical (unpaired) electrons.